The molecule has 0 radical (unpaired) electrons. The Kier molecular flexibility index (Phi) is 65.4. The number of rotatable bonds is 66. The van der Waals surface area contributed by atoms with E-state index in [4.69, 9.17) is 4.74 Å². The van der Waals surface area contributed by atoms with E-state index >= 15 is 0 Å². The van der Waals surface area contributed by atoms with Crippen molar-refractivity contribution < 1.29 is 24.5 Å². The first kappa shape index (κ1) is 75.3. The van der Waals surface area contributed by atoms with Crippen molar-refractivity contribution >= 4 is 11.9 Å². The van der Waals surface area contributed by atoms with Crippen molar-refractivity contribution in [1.82, 2.24) is 5.32 Å². The number of ether oxygens (including phenoxy) is 1. The maximum absolute atomic E-state index is 12.5. The summed E-state index contributed by atoms with van der Waals surface area (Å²) in [6.45, 7) is 4.98. The Balaban J connectivity index is 3.40. The van der Waals surface area contributed by atoms with Crippen molar-refractivity contribution in [2.45, 2.75) is 405 Å². The summed E-state index contributed by atoms with van der Waals surface area (Å²) in [4.78, 5) is 24.6. The van der Waals surface area contributed by atoms with Gasteiger partial charge in [0.25, 0.3) is 0 Å². The zero-order valence-corrected chi connectivity index (χ0v) is 52.2. The largest absolute Gasteiger partial charge is 0.466 e. The molecule has 0 heterocycles. The van der Waals surface area contributed by atoms with Crippen LogP contribution in [0.4, 0.5) is 0 Å². The molecule has 0 saturated heterocycles. The lowest BCUT2D eigenvalue weighted by Gasteiger charge is -2.22. The van der Waals surface area contributed by atoms with Gasteiger partial charge in [0.15, 0.2) is 0 Å². The van der Waals surface area contributed by atoms with Gasteiger partial charge < -0.3 is 20.3 Å². The fraction of sp³-hybridized carbons (Fsp3) is 0.915. The molecule has 0 aromatic heterocycles. The van der Waals surface area contributed by atoms with E-state index in [0.717, 1.165) is 44.9 Å². The van der Waals surface area contributed by atoms with Gasteiger partial charge in [0.05, 0.1) is 25.4 Å². The topological polar surface area (TPSA) is 95.9 Å². The van der Waals surface area contributed by atoms with Crippen LogP contribution in [-0.2, 0) is 14.3 Å². The Morgan fingerprint density at radius 2 is 0.610 bits per heavy atom. The molecule has 3 N–H and O–H groups in total. The fourth-order valence-electron chi connectivity index (χ4n) is 11.1. The predicted molar refractivity (Wildman–Crippen MR) is 338 cm³/mol. The Morgan fingerprint density at radius 1 is 0.351 bits per heavy atom. The number of carbonyl (C=O) groups is 2. The minimum absolute atomic E-state index is 0.00952. The molecule has 0 aliphatic carbocycles. The SMILES string of the molecule is CCCCCCCCC/C=C\CCCCCCCCCC(=O)OCCCCCCCCCCCCCC/C=C\CCCCCCCCCC(=O)NC(CO)C(O)CCCCCCCCCCCCCCCCCCCCC. The van der Waals surface area contributed by atoms with E-state index in [0.29, 0.717) is 25.9 Å². The first-order valence-electron chi connectivity index (χ1n) is 35.1. The summed E-state index contributed by atoms with van der Waals surface area (Å²) in [5.74, 6) is -0.0281. The summed E-state index contributed by atoms with van der Waals surface area (Å²) in [6, 6.07) is -0.547. The lowest BCUT2D eigenvalue weighted by Crippen LogP contribution is -2.45. The highest BCUT2D eigenvalue weighted by atomic mass is 16.5. The standard InChI is InChI=1S/C71H137NO5/c1-3-5-7-9-11-13-15-17-19-21-28-31-35-39-43-47-51-55-59-63-69(74)68(67-73)72-70(75)64-60-56-52-48-44-40-36-32-29-26-24-23-25-27-30-34-38-42-46-50-54-58-62-66-77-71(76)65-61-57-53-49-45-41-37-33-22-20-18-16-14-12-10-8-6-4-2/h20,22,26,29,68-69,73-74H,3-19,21,23-25,27-28,30-67H2,1-2H3,(H,72,75)/b22-20-,29-26-. The van der Waals surface area contributed by atoms with Crippen LogP contribution >= 0.6 is 0 Å². The van der Waals surface area contributed by atoms with E-state index in [9.17, 15) is 19.8 Å². The van der Waals surface area contributed by atoms with Crippen LogP contribution in [-0.4, -0.2) is 47.4 Å². The number of hydrogen-bond acceptors (Lipinski definition) is 5. The summed E-state index contributed by atoms with van der Waals surface area (Å²) in [5, 5.41) is 23.4. The number of carbonyl (C=O) groups excluding carboxylic acids is 2. The molecule has 0 aromatic carbocycles. The first-order valence-corrected chi connectivity index (χ1v) is 35.1. The normalized spacial score (nSPS) is 12.6. The van der Waals surface area contributed by atoms with Crippen LogP contribution < -0.4 is 5.32 Å². The number of aliphatic hydroxyl groups excluding tert-OH is 2. The Hall–Kier alpha value is -1.66. The molecule has 0 rings (SSSR count). The van der Waals surface area contributed by atoms with Gasteiger partial charge in [-0.15, -0.1) is 0 Å². The molecule has 0 aromatic rings. The summed E-state index contributed by atoms with van der Waals surface area (Å²) in [5.41, 5.74) is 0. The van der Waals surface area contributed by atoms with Gasteiger partial charge in [-0.1, -0.05) is 327 Å². The Labute approximate surface area is 481 Å². The third-order valence-corrected chi connectivity index (χ3v) is 16.5. The minimum atomic E-state index is -0.669. The van der Waals surface area contributed by atoms with E-state index in [1.807, 2.05) is 0 Å². The highest BCUT2D eigenvalue weighted by molar-refractivity contribution is 5.76. The second-order valence-corrected chi connectivity index (χ2v) is 24.2. The molecule has 0 fully saturated rings. The molecule has 2 unspecified atom stereocenters. The molecule has 0 bridgehead atoms. The molecule has 2 atom stereocenters. The van der Waals surface area contributed by atoms with Crippen LogP contribution in [0.5, 0.6) is 0 Å². The first-order chi connectivity index (χ1) is 38.0. The summed E-state index contributed by atoms with van der Waals surface area (Å²) in [7, 11) is 0. The van der Waals surface area contributed by atoms with Gasteiger partial charge in [-0.3, -0.25) is 9.59 Å². The van der Waals surface area contributed by atoms with E-state index in [-0.39, 0.29) is 18.5 Å². The molecular formula is C71H137NO5. The number of nitrogens with one attached hydrogen (secondary N) is 1. The molecule has 77 heavy (non-hydrogen) atoms. The maximum atomic E-state index is 12.5. The number of esters is 1. The number of hydrogen-bond donors (Lipinski definition) is 3. The van der Waals surface area contributed by atoms with Gasteiger partial charge >= 0.3 is 5.97 Å². The Bertz CT molecular complexity index is 1200. The maximum Gasteiger partial charge on any atom is 0.305 e. The monoisotopic (exact) mass is 1080 g/mol. The predicted octanol–water partition coefficient (Wildman–Crippen LogP) is 22.5. The number of aliphatic hydroxyl groups is 2. The summed E-state index contributed by atoms with van der Waals surface area (Å²) >= 11 is 0. The minimum Gasteiger partial charge on any atom is -0.466 e. The summed E-state index contributed by atoms with van der Waals surface area (Å²) in [6.07, 6.45) is 83.6. The third-order valence-electron chi connectivity index (χ3n) is 16.5. The molecule has 6 heteroatoms. The molecule has 0 spiro atoms. The van der Waals surface area contributed by atoms with E-state index in [1.165, 1.54) is 315 Å². The number of amides is 1. The molecule has 0 aliphatic rings. The average Bonchev–Trinajstić information content (AvgIpc) is 3.43. The zero-order valence-electron chi connectivity index (χ0n) is 52.2. The Morgan fingerprint density at radius 3 is 0.922 bits per heavy atom. The van der Waals surface area contributed by atoms with Crippen molar-refractivity contribution in [3.63, 3.8) is 0 Å². The zero-order chi connectivity index (χ0) is 55.7. The smallest absolute Gasteiger partial charge is 0.305 e. The molecular weight excluding hydrogens is 947 g/mol. The van der Waals surface area contributed by atoms with Crippen molar-refractivity contribution in [2.75, 3.05) is 13.2 Å². The molecule has 1 amide bonds. The average molecular weight is 1080 g/mol. The fourth-order valence-corrected chi connectivity index (χ4v) is 11.1. The van der Waals surface area contributed by atoms with Crippen molar-refractivity contribution in [3.05, 3.63) is 24.3 Å². The molecule has 0 aliphatic heterocycles. The molecule has 6 nitrogen and oxygen atoms in total. The highest BCUT2D eigenvalue weighted by Gasteiger charge is 2.20. The van der Waals surface area contributed by atoms with Gasteiger partial charge in [-0.05, 0) is 77.0 Å². The van der Waals surface area contributed by atoms with Crippen LogP contribution in [0, 0.1) is 0 Å². The van der Waals surface area contributed by atoms with Gasteiger partial charge in [0.1, 0.15) is 0 Å². The third kappa shape index (κ3) is 63.4. The van der Waals surface area contributed by atoms with Crippen LogP contribution in [0.15, 0.2) is 24.3 Å². The van der Waals surface area contributed by atoms with Crippen LogP contribution in [0.1, 0.15) is 393 Å². The van der Waals surface area contributed by atoms with Crippen LogP contribution in [0.2, 0.25) is 0 Å². The van der Waals surface area contributed by atoms with Crippen molar-refractivity contribution in [1.29, 1.82) is 0 Å². The second kappa shape index (κ2) is 66.8. The second-order valence-electron chi connectivity index (χ2n) is 24.2. The van der Waals surface area contributed by atoms with E-state index < -0.39 is 12.1 Å². The summed E-state index contributed by atoms with van der Waals surface area (Å²) < 4.78 is 5.50. The van der Waals surface area contributed by atoms with E-state index in [1.54, 1.807) is 0 Å². The highest BCUT2D eigenvalue weighted by Crippen LogP contribution is 2.19. The molecule has 456 valence electrons. The van der Waals surface area contributed by atoms with Crippen molar-refractivity contribution in [3.8, 4) is 0 Å². The number of unbranched alkanes of at least 4 members (excludes halogenated alkanes) is 51. The van der Waals surface area contributed by atoms with Gasteiger partial charge in [-0.2, -0.15) is 0 Å². The number of allylic oxidation sites excluding steroid dienone is 4. The lowest BCUT2D eigenvalue weighted by atomic mass is 10.0. The van der Waals surface area contributed by atoms with Gasteiger partial charge in [0, 0.05) is 12.8 Å². The van der Waals surface area contributed by atoms with Crippen LogP contribution in [0.3, 0.4) is 0 Å². The molecule has 0 saturated carbocycles. The van der Waals surface area contributed by atoms with Crippen molar-refractivity contribution in [2.24, 2.45) is 0 Å². The van der Waals surface area contributed by atoms with E-state index in [2.05, 4.69) is 43.5 Å². The quantitative estimate of drug-likeness (QED) is 0.0320. The lowest BCUT2D eigenvalue weighted by molar-refractivity contribution is -0.143. The van der Waals surface area contributed by atoms with Gasteiger partial charge in [-0.25, -0.2) is 0 Å². The van der Waals surface area contributed by atoms with Gasteiger partial charge in [0.2, 0.25) is 5.91 Å². The van der Waals surface area contributed by atoms with Crippen LogP contribution in [0.25, 0.3) is 0 Å².